The minimum Gasteiger partial charge on any atom is -0.354 e. The highest BCUT2D eigenvalue weighted by atomic mass is 32.2. The van der Waals surface area contributed by atoms with Crippen LogP contribution in [0.1, 0.15) is 57.2 Å². The third-order valence-electron chi connectivity index (χ3n) is 6.78. The molecule has 40 heavy (non-hydrogen) atoms. The van der Waals surface area contributed by atoms with Gasteiger partial charge in [-0.3, -0.25) is 13.9 Å². The molecule has 0 spiro atoms. The Bertz CT molecular complexity index is 1370. The molecule has 0 fully saturated rings. The molecule has 3 rings (SSSR count). The van der Waals surface area contributed by atoms with Crippen molar-refractivity contribution >= 4 is 27.5 Å². The molecule has 3 aromatic rings. The van der Waals surface area contributed by atoms with Crippen LogP contribution in [0.4, 0.5) is 5.69 Å². The lowest BCUT2D eigenvalue weighted by Crippen LogP contribution is -2.51. The number of carbonyl (C=O) groups excluding carboxylic acids is 2. The fraction of sp³-hybridized carbons (Fsp3) is 0.375. The van der Waals surface area contributed by atoms with E-state index in [2.05, 4.69) is 19.2 Å². The molecule has 0 aliphatic heterocycles. The van der Waals surface area contributed by atoms with E-state index < -0.39 is 28.5 Å². The van der Waals surface area contributed by atoms with E-state index in [1.54, 1.807) is 43.3 Å². The van der Waals surface area contributed by atoms with E-state index in [0.29, 0.717) is 12.2 Å². The van der Waals surface area contributed by atoms with Crippen molar-refractivity contribution in [3.05, 3.63) is 95.6 Å². The summed E-state index contributed by atoms with van der Waals surface area (Å²) in [5, 5.41) is 2.90. The van der Waals surface area contributed by atoms with Crippen molar-refractivity contribution in [2.75, 3.05) is 17.4 Å². The summed E-state index contributed by atoms with van der Waals surface area (Å²) in [5.41, 5.74) is 3.21. The van der Waals surface area contributed by atoms with Crippen molar-refractivity contribution in [3.63, 3.8) is 0 Å². The highest BCUT2D eigenvalue weighted by Crippen LogP contribution is 2.27. The smallest absolute Gasteiger partial charge is 0.264 e. The minimum absolute atomic E-state index is 0.0937. The van der Waals surface area contributed by atoms with Crippen LogP contribution >= 0.6 is 0 Å². The van der Waals surface area contributed by atoms with Crippen LogP contribution in [0.15, 0.2) is 83.8 Å². The van der Waals surface area contributed by atoms with E-state index in [4.69, 9.17) is 0 Å². The molecular weight excluding hydrogens is 522 g/mol. The molecule has 8 heteroatoms. The molecule has 1 atom stereocenters. The molecule has 214 valence electrons. The van der Waals surface area contributed by atoms with Gasteiger partial charge in [-0.2, -0.15) is 0 Å². The number of sulfonamides is 1. The second kappa shape index (κ2) is 13.6. The minimum atomic E-state index is -4.09. The van der Waals surface area contributed by atoms with Gasteiger partial charge >= 0.3 is 0 Å². The summed E-state index contributed by atoms with van der Waals surface area (Å²) in [4.78, 5) is 28.6. The Balaban J connectivity index is 2.01. The van der Waals surface area contributed by atoms with E-state index in [1.165, 1.54) is 4.90 Å². The standard InChI is InChI=1S/C32H41N3O4S/c1-23(2)20-33-32(37)26(6)34(21-27-10-8-7-9-11-27)31(36)22-35(29-16-14-28(15-17-29)24(3)4)40(38,39)30-18-12-25(5)13-19-30/h7-19,23-24,26H,20-22H2,1-6H3,(H,33,37). The summed E-state index contributed by atoms with van der Waals surface area (Å²) in [6.45, 7) is 11.9. The lowest BCUT2D eigenvalue weighted by molar-refractivity contribution is -0.139. The van der Waals surface area contributed by atoms with Crippen LogP contribution in [0.25, 0.3) is 0 Å². The van der Waals surface area contributed by atoms with Gasteiger partial charge in [0.2, 0.25) is 11.8 Å². The van der Waals surface area contributed by atoms with Crippen LogP contribution in [-0.4, -0.2) is 44.3 Å². The maximum atomic E-state index is 14.0. The number of anilines is 1. The lowest BCUT2D eigenvalue weighted by atomic mass is 10.0. The fourth-order valence-electron chi connectivity index (χ4n) is 4.21. The monoisotopic (exact) mass is 563 g/mol. The summed E-state index contributed by atoms with van der Waals surface area (Å²) < 4.78 is 29.0. The fourth-order valence-corrected chi connectivity index (χ4v) is 5.62. The third-order valence-corrected chi connectivity index (χ3v) is 8.57. The van der Waals surface area contributed by atoms with Crippen LogP contribution in [0, 0.1) is 12.8 Å². The molecule has 2 amide bonds. The Morgan fingerprint density at radius 2 is 1.43 bits per heavy atom. The van der Waals surface area contributed by atoms with Gasteiger partial charge in [-0.05, 0) is 61.1 Å². The van der Waals surface area contributed by atoms with Crippen molar-refractivity contribution in [1.29, 1.82) is 0 Å². The zero-order valence-electron chi connectivity index (χ0n) is 24.3. The molecule has 0 aliphatic carbocycles. The molecule has 0 saturated heterocycles. The highest BCUT2D eigenvalue weighted by molar-refractivity contribution is 7.92. The van der Waals surface area contributed by atoms with E-state index in [9.17, 15) is 18.0 Å². The number of carbonyl (C=O) groups is 2. The first-order valence-electron chi connectivity index (χ1n) is 13.7. The Morgan fingerprint density at radius 3 is 1.98 bits per heavy atom. The van der Waals surface area contributed by atoms with Crippen LogP contribution < -0.4 is 9.62 Å². The molecule has 0 radical (unpaired) electrons. The van der Waals surface area contributed by atoms with Gasteiger partial charge in [-0.15, -0.1) is 0 Å². The third kappa shape index (κ3) is 7.94. The Morgan fingerprint density at radius 1 is 0.825 bits per heavy atom. The van der Waals surface area contributed by atoms with Gasteiger partial charge in [0.15, 0.2) is 0 Å². The molecule has 0 bridgehead atoms. The maximum Gasteiger partial charge on any atom is 0.264 e. The summed E-state index contributed by atoms with van der Waals surface area (Å²) in [6, 6.07) is 22.4. The van der Waals surface area contributed by atoms with Crippen molar-refractivity contribution < 1.29 is 18.0 Å². The number of hydrogen-bond acceptors (Lipinski definition) is 4. The van der Waals surface area contributed by atoms with Crippen LogP contribution in [0.3, 0.4) is 0 Å². The van der Waals surface area contributed by atoms with Crippen LogP contribution in [0.2, 0.25) is 0 Å². The Hall–Kier alpha value is -3.65. The van der Waals surface area contributed by atoms with E-state index in [1.807, 2.05) is 63.2 Å². The topological polar surface area (TPSA) is 86.8 Å². The second-order valence-electron chi connectivity index (χ2n) is 10.9. The number of rotatable bonds is 12. The second-order valence-corrected chi connectivity index (χ2v) is 12.8. The first kappa shape index (κ1) is 30.9. The van der Waals surface area contributed by atoms with Crippen molar-refractivity contribution in [2.24, 2.45) is 5.92 Å². The predicted molar refractivity (Wildman–Crippen MR) is 161 cm³/mol. The number of hydrogen-bond donors (Lipinski definition) is 1. The molecule has 0 aliphatic rings. The molecule has 3 aromatic carbocycles. The van der Waals surface area contributed by atoms with Gasteiger partial charge < -0.3 is 10.2 Å². The van der Waals surface area contributed by atoms with Crippen molar-refractivity contribution in [2.45, 2.75) is 64.9 Å². The lowest BCUT2D eigenvalue weighted by Gasteiger charge is -2.32. The molecule has 0 aromatic heterocycles. The average molecular weight is 564 g/mol. The zero-order chi connectivity index (χ0) is 29.4. The van der Waals surface area contributed by atoms with Gasteiger partial charge in [-0.25, -0.2) is 8.42 Å². The van der Waals surface area contributed by atoms with Gasteiger partial charge in [-0.1, -0.05) is 87.9 Å². The maximum absolute atomic E-state index is 14.0. The zero-order valence-corrected chi connectivity index (χ0v) is 25.1. The van der Waals surface area contributed by atoms with Gasteiger partial charge in [0.05, 0.1) is 10.6 Å². The molecule has 1 N–H and O–H groups in total. The molecule has 1 unspecified atom stereocenters. The van der Waals surface area contributed by atoms with Gasteiger partial charge in [0.1, 0.15) is 12.6 Å². The first-order valence-corrected chi connectivity index (χ1v) is 15.1. The van der Waals surface area contributed by atoms with Gasteiger partial charge in [0.25, 0.3) is 10.0 Å². The summed E-state index contributed by atoms with van der Waals surface area (Å²) in [7, 11) is -4.09. The largest absolute Gasteiger partial charge is 0.354 e. The molecule has 0 saturated carbocycles. The van der Waals surface area contributed by atoms with E-state index >= 15 is 0 Å². The number of nitrogens with zero attached hydrogens (tertiary/aromatic N) is 2. The number of aryl methyl sites for hydroxylation is 1. The normalized spacial score (nSPS) is 12.3. The van der Waals surface area contributed by atoms with Gasteiger partial charge in [0, 0.05) is 13.1 Å². The molecule has 7 nitrogen and oxygen atoms in total. The highest BCUT2D eigenvalue weighted by Gasteiger charge is 2.32. The number of amides is 2. The molecular formula is C32H41N3O4S. The summed E-state index contributed by atoms with van der Waals surface area (Å²) in [5.74, 6) is -0.241. The number of benzene rings is 3. The first-order chi connectivity index (χ1) is 18.9. The molecule has 0 heterocycles. The van der Waals surface area contributed by atoms with Crippen LogP contribution in [0.5, 0.6) is 0 Å². The quantitative estimate of drug-likeness (QED) is 0.315. The van der Waals surface area contributed by atoms with Crippen molar-refractivity contribution in [1.82, 2.24) is 10.2 Å². The van der Waals surface area contributed by atoms with E-state index in [0.717, 1.165) is 21.0 Å². The van der Waals surface area contributed by atoms with Crippen molar-refractivity contribution in [3.8, 4) is 0 Å². The summed E-state index contributed by atoms with van der Waals surface area (Å²) >= 11 is 0. The van der Waals surface area contributed by atoms with Crippen LogP contribution in [-0.2, 0) is 26.2 Å². The Labute approximate surface area is 239 Å². The Kier molecular flexibility index (Phi) is 10.5. The average Bonchev–Trinajstić information content (AvgIpc) is 2.93. The predicted octanol–water partition coefficient (Wildman–Crippen LogP) is 5.50. The number of nitrogens with one attached hydrogen (secondary N) is 1. The van der Waals surface area contributed by atoms with E-state index in [-0.39, 0.29) is 29.2 Å². The SMILES string of the molecule is Cc1ccc(S(=O)(=O)N(CC(=O)N(Cc2ccccc2)C(C)C(=O)NCC(C)C)c2ccc(C(C)C)cc2)cc1. The summed E-state index contributed by atoms with van der Waals surface area (Å²) in [6.07, 6.45) is 0.